The quantitative estimate of drug-likeness (QED) is 0.687. The lowest BCUT2D eigenvalue weighted by Gasteiger charge is -2.06. The van der Waals surface area contributed by atoms with Crippen LogP contribution < -0.4 is 5.32 Å². The first-order chi connectivity index (χ1) is 12.0. The van der Waals surface area contributed by atoms with Crippen molar-refractivity contribution in [2.45, 2.75) is 5.16 Å². The lowest BCUT2D eigenvalue weighted by molar-refractivity contribution is -0.113. The first-order valence-electron chi connectivity index (χ1n) is 7.08. The highest BCUT2D eigenvalue weighted by Gasteiger charge is 2.14. The van der Waals surface area contributed by atoms with Crippen molar-refractivity contribution in [1.29, 1.82) is 0 Å². The van der Waals surface area contributed by atoms with Gasteiger partial charge in [-0.1, -0.05) is 23.4 Å². The molecule has 2 heterocycles. The van der Waals surface area contributed by atoms with Crippen molar-refractivity contribution in [3.63, 3.8) is 0 Å². The zero-order chi connectivity index (χ0) is 17.8. The third-order valence-corrected chi connectivity index (χ3v) is 4.47. The topological polar surface area (TPSA) is 85.6 Å². The lowest BCUT2D eigenvalue weighted by atomic mass is 10.3. The number of nitrogens with zero attached hydrogens (tertiary/aromatic N) is 5. The van der Waals surface area contributed by atoms with Crippen molar-refractivity contribution in [3.8, 4) is 11.5 Å². The summed E-state index contributed by atoms with van der Waals surface area (Å²) in [6, 6.07) is 3.99. The number of amides is 1. The number of benzene rings is 1. The molecule has 25 heavy (non-hydrogen) atoms. The maximum absolute atomic E-state index is 13.1. The molecule has 0 radical (unpaired) electrons. The molecule has 0 bridgehead atoms. The van der Waals surface area contributed by atoms with Crippen LogP contribution in [0.3, 0.4) is 0 Å². The van der Waals surface area contributed by atoms with Crippen LogP contribution in [0.1, 0.15) is 0 Å². The van der Waals surface area contributed by atoms with E-state index in [-0.39, 0.29) is 16.7 Å². The molecule has 3 aromatic rings. The average molecular weight is 379 g/mol. The summed E-state index contributed by atoms with van der Waals surface area (Å²) in [6.07, 6.45) is 4.73. The van der Waals surface area contributed by atoms with Crippen molar-refractivity contribution in [1.82, 2.24) is 24.7 Å². The summed E-state index contributed by atoms with van der Waals surface area (Å²) in [5.41, 5.74) is 1.02. The number of thioether (sulfide) groups is 1. The summed E-state index contributed by atoms with van der Waals surface area (Å²) >= 11 is 6.91. The van der Waals surface area contributed by atoms with Crippen molar-refractivity contribution >= 4 is 35.0 Å². The van der Waals surface area contributed by atoms with Crippen LogP contribution in [0.2, 0.25) is 5.02 Å². The summed E-state index contributed by atoms with van der Waals surface area (Å²) in [7, 11) is 1.78. The number of aromatic nitrogens is 5. The van der Waals surface area contributed by atoms with Crippen LogP contribution in [0.4, 0.5) is 10.1 Å². The Balaban J connectivity index is 1.63. The Morgan fingerprint density at radius 1 is 1.36 bits per heavy atom. The molecule has 0 unspecified atom stereocenters. The number of halogens is 2. The Morgan fingerprint density at radius 2 is 2.20 bits per heavy atom. The van der Waals surface area contributed by atoms with Crippen LogP contribution in [0.5, 0.6) is 0 Å². The molecule has 3 rings (SSSR count). The molecule has 0 aliphatic carbocycles. The molecule has 0 aliphatic heterocycles. The molecule has 2 aromatic heterocycles. The Bertz CT molecular complexity index is 904. The molecule has 0 aliphatic rings. The highest BCUT2D eigenvalue weighted by molar-refractivity contribution is 7.99. The molecule has 10 heteroatoms. The van der Waals surface area contributed by atoms with Gasteiger partial charge in [0.25, 0.3) is 0 Å². The van der Waals surface area contributed by atoms with Crippen LogP contribution >= 0.6 is 23.4 Å². The Kier molecular flexibility index (Phi) is 5.25. The van der Waals surface area contributed by atoms with Gasteiger partial charge in [-0.25, -0.2) is 9.37 Å². The van der Waals surface area contributed by atoms with Gasteiger partial charge >= 0.3 is 0 Å². The molecular weight excluding hydrogens is 367 g/mol. The number of anilines is 1. The standard InChI is InChI=1S/C15H12ClFN6OS/c1-23-14(12-7-18-4-5-19-12)21-22-15(23)25-8-13(24)20-9-2-3-11(17)10(16)6-9/h2-7H,8H2,1H3,(H,20,24). The SMILES string of the molecule is Cn1c(SCC(=O)Nc2ccc(F)c(Cl)c2)nnc1-c1cnccn1. The molecule has 0 saturated carbocycles. The van der Waals surface area contributed by atoms with Gasteiger partial charge in [-0.05, 0) is 18.2 Å². The molecule has 0 atom stereocenters. The van der Waals surface area contributed by atoms with E-state index in [1.165, 1.54) is 30.0 Å². The van der Waals surface area contributed by atoms with Gasteiger partial charge in [0.05, 0.1) is 17.0 Å². The van der Waals surface area contributed by atoms with Crippen molar-refractivity contribution < 1.29 is 9.18 Å². The third kappa shape index (κ3) is 4.12. The maximum Gasteiger partial charge on any atom is 0.234 e. The third-order valence-electron chi connectivity index (χ3n) is 3.16. The van der Waals surface area contributed by atoms with Gasteiger partial charge in [-0.3, -0.25) is 9.78 Å². The Morgan fingerprint density at radius 3 is 2.92 bits per heavy atom. The summed E-state index contributed by atoms with van der Waals surface area (Å²) in [4.78, 5) is 20.2. The van der Waals surface area contributed by atoms with E-state index in [0.717, 1.165) is 0 Å². The zero-order valence-electron chi connectivity index (χ0n) is 13.0. The van der Waals surface area contributed by atoms with Crippen LogP contribution in [0.15, 0.2) is 41.9 Å². The number of carbonyl (C=O) groups is 1. The van der Waals surface area contributed by atoms with Gasteiger partial charge < -0.3 is 9.88 Å². The minimum absolute atomic E-state index is 0.0487. The van der Waals surface area contributed by atoms with Gasteiger partial charge in [-0.15, -0.1) is 10.2 Å². The number of rotatable bonds is 5. The summed E-state index contributed by atoms with van der Waals surface area (Å²) in [5, 5.41) is 11.3. The number of hydrogen-bond acceptors (Lipinski definition) is 6. The van der Waals surface area contributed by atoms with Gasteiger partial charge in [0, 0.05) is 25.1 Å². The fourth-order valence-corrected chi connectivity index (χ4v) is 2.87. The molecule has 1 aromatic carbocycles. The van der Waals surface area contributed by atoms with Crippen LogP contribution in [0.25, 0.3) is 11.5 Å². The summed E-state index contributed by atoms with van der Waals surface area (Å²) in [5.74, 6) is -0.135. The largest absolute Gasteiger partial charge is 0.325 e. The van der Waals surface area contributed by atoms with E-state index < -0.39 is 5.82 Å². The highest BCUT2D eigenvalue weighted by atomic mass is 35.5. The van der Waals surface area contributed by atoms with Crippen molar-refractivity contribution in [2.75, 3.05) is 11.1 Å². The van der Waals surface area contributed by atoms with Gasteiger partial charge in [0.1, 0.15) is 11.5 Å². The Hall–Kier alpha value is -2.52. The zero-order valence-corrected chi connectivity index (χ0v) is 14.6. The second-order valence-electron chi connectivity index (χ2n) is 4.92. The molecule has 0 fully saturated rings. The van der Waals surface area contributed by atoms with E-state index >= 15 is 0 Å². The molecule has 0 saturated heterocycles. The van der Waals surface area contributed by atoms with E-state index in [4.69, 9.17) is 11.6 Å². The molecule has 1 amide bonds. The minimum atomic E-state index is -0.537. The fraction of sp³-hybridized carbons (Fsp3) is 0.133. The van der Waals surface area contributed by atoms with Crippen molar-refractivity contribution in [3.05, 3.63) is 47.6 Å². The normalized spacial score (nSPS) is 10.7. The number of hydrogen-bond donors (Lipinski definition) is 1. The minimum Gasteiger partial charge on any atom is -0.325 e. The lowest BCUT2D eigenvalue weighted by Crippen LogP contribution is -2.14. The van der Waals surface area contributed by atoms with Gasteiger partial charge in [0.2, 0.25) is 5.91 Å². The first kappa shape index (κ1) is 17.3. The summed E-state index contributed by atoms with van der Waals surface area (Å²) < 4.78 is 14.8. The van der Waals surface area contributed by atoms with E-state index in [1.807, 2.05) is 0 Å². The van der Waals surface area contributed by atoms with Crippen LogP contribution in [-0.2, 0) is 11.8 Å². The van der Waals surface area contributed by atoms with E-state index in [9.17, 15) is 9.18 Å². The molecule has 0 spiro atoms. The van der Waals surface area contributed by atoms with E-state index in [0.29, 0.717) is 22.4 Å². The highest BCUT2D eigenvalue weighted by Crippen LogP contribution is 2.22. The number of nitrogens with one attached hydrogen (secondary N) is 1. The van der Waals surface area contributed by atoms with Crippen LogP contribution in [0, 0.1) is 5.82 Å². The maximum atomic E-state index is 13.1. The monoisotopic (exact) mass is 378 g/mol. The predicted molar refractivity (Wildman–Crippen MR) is 92.8 cm³/mol. The van der Waals surface area contributed by atoms with Gasteiger partial charge in [0.15, 0.2) is 11.0 Å². The van der Waals surface area contributed by atoms with E-state index in [2.05, 4.69) is 25.5 Å². The fourth-order valence-electron chi connectivity index (χ4n) is 1.98. The number of carbonyl (C=O) groups excluding carboxylic acids is 1. The van der Waals surface area contributed by atoms with E-state index in [1.54, 1.807) is 30.2 Å². The first-order valence-corrected chi connectivity index (χ1v) is 8.44. The predicted octanol–water partition coefficient (Wildman–Crippen LogP) is 2.80. The second-order valence-corrected chi connectivity index (χ2v) is 6.27. The molecule has 128 valence electrons. The molecular formula is C15H12ClFN6OS. The van der Waals surface area contributed by atoms with Crippen LogP contribution in [-0.4, -0.2) is 36.4 Å². The Labute approximate surface area is 151 Å². The second kappa shape index (κ2) is 7.58. The van der Waals surface area contributed by atoms with Gasteiger partial charge in [-0.2, -0.15) is 0 Å². The smallest absolute Gasteiger partial charge is 0.234 e. The van der Waals surface area contributed by atoms with Crippen molar-refractivity contribution in [2.24, 2.45) is 7.05 Å². The molecule has 1 N–H and O–H groups in total. The average Bonchev–Trinajstić information content (AvgIpc) is 2.98. The summed E-state index contributed by atoms with van der Waals surface area (Å²) in [6.45, 7) is 0. The molecule has 7 nitrogen and oxygen atoms in total.